The number of rotatable bonds is 7. The molecule has 2 saturated heterocycles. The number of hydrogen-bond acceptors (Lipinski definition) is 6. The van der Waals surface area contributed by atoms with E-state index in [9.17, 15) is 19.5 Å². The van der Waals surface area contributed by atoms with Crippen LogP contribution >= 0.6 is 11.3 Å². The molecule has 2 aliphatic rings. The van der Waals surface area contributed by atoms with Crippen LogP contribution in [-0.2, 0) is 19.1 Å². The van der Waals surface area contributed by atoms with Crippen molar-refractivity contribution < 1.29 is 29.0 Å². The number of thiophene rings is 1. The number of aliphatic carboxylic acids is 1. The van der Waals surface area contributed by atoms with Crippen molar-refractivity contribution in [2.24, 2.45) is 11.8 Å². The van der Waals surface area contributed by atoms with Gasteiger partial charge in [0.15, 0.2) is 0 Å². The Bertz CT molecular complexity index is 1250. The molecule has 0 spiro atoms. The molecule has 8 heteroatoms. The molecular weight excluding hydrogens is 466 g/mol. The number of hydrogen-bond donors (Lipinski definition) is 2. The van der Waals surface area contributed by atoms with Crippen molar-refractivity contribution in [2.75, 3.05) is 11.9 Å². The molecule has 2 aliphatic heterocycles. The number of nitrogens with one attached hydrogen (secondary N) is 1. The number of benzene rings is 2. The van der Waals surface area contributed by atoms with Crippen LogP contribution < -0.4 is 5.32 Å². The minimum atomic E-state index is -1.03. The second-order valence-electron chi connectivity index (χ2n) is 8.69. The van der Waals surface area contributed by atoms with Gasteiger partial charge in [-0.05, 0) is 36.5 Å². The third kappa shape index (κ3) is 4.35. The monoisotopic (exact) mass is 491 g/mol. The third-order valence-corrected chi connectivity index (χ3v) is 7.57. The van der Waals surface area contributed by atoms with Crippen molar-refractivity contribution in [3.8, 4) is 22.3 Å². The van der Waals surface area contributed by atoms with Gasteiger partial charge < -0.3 is 19.9 Å². The standard InChI is InChI=1S/C27H25NO6S/c1-2-33-27(32)21-18(17-10-8-16(9-11-17)15-6-4-3-5-7-15)14-35-25(21)28-24(29)22-19-12-13-20(34-19)23(22)26(30)31/h3-11,14,19-20,22-23H,2,12-13H2,1H3,(H,28,29)(H,30,31)/t19-,20+,22-,23+/m1/s1. The van der Waals surface area contributed by atoms with E-state index in [1.807, 2.05) is 60.0 Å². The lowest BCUT2D eigenvalue weighted by Crippen LogP contribution is -2.41. The zero-order valence-corrected chi connectivity index (χ0v) is 19.9. The Morgan fingerprint density at radius 2 is 1.60 bits per heavy atom. The molecule has 1 aromatic heterocycles. The summed E-state index contributed by atoms with van der Waals surface area (Å²) in [5.41, 5.74) is 3.88. The maximum Gasteiger partial charge on any atom is 0.341 e. The normalized spacial score (nSPS) is 22.7. The summed E-state index contributed by atoms with van der Waals surface area (Å²) in [7, 11) is 0. The van der Waals surface area contributed by atoms with Gasteiger partial charge in [-0.1, -0.05) is 54.6 Å². The summed E-state index contributed by atoms with van der Waals surface area (Å²) in [6, 6.07) is 17.8. The molecule has 0 radical (unpaired) electrons. The lowest BCUT2D eigenvalue weighted by molar-refractivity contribution is -0.147. The van der Waals surface area contributed by atoms with Crippen LogP contribution in [0.5, 0.6) is 0 Å². The predicted octanol–water partition coefficient (Wildman–Crippen LogP) is 5.08. The fourth-order valence-electron chi connectivity index (χ4n) is 5.06. The SMILES string of the molecule is CCOC(=O)c1c(-c2ccc(-c3ccccc3)cc2)csc1NC(=O)[C@H]1[C@@H](C(=O)O)[C@@H]2CC[C@H]1O2. The Morgan fingerprint density at radius 3 is 2.26 bits per heavy atom. The molecule has 4 atom stereocenters. The maximum absolute atomic E-state index is 13.2. The van der Waals surface area contributed by atoms with E-state index in [1.165, 1.54) is 11.3 Å². The number of anilines is 1. The molecule has 0 aliphatic carbocycles. The van der Waals surface area contributed by atoms with Crippen LogP contribution in [0.3, 0.4) is 0 Å². The smallest absolute Gasteiger partial charge is 0.341 e. The molecule has 7 nitrogen and oxygen atoms in total. The first kappa shape index (κ1) is 23.3. The lowest BCUT2D eigenvalue weighted by atomic mass is 9.79. The van der Waals surface area contributed by atoms with Crippen molar-refractivity contribution in [2.45, 2.75) is 32.0 Å². The number of amides is 1. The Balaban J connectivity index is 1.44. The highest BCUT2D eigenvalue weighted by Gasteiger charge is 2.55. The van der Waals surface area contributed by atoms with Gasteiger partial charge in [0.2, 0.25) is 5.91 Å². The Morgan fingerprint density at radius 1 is 0.971 bits per heavy atom. The third-order valence-electron chi connectivity index (χ3n) is 6.67. The summed E-state index contributed by atoms with van der Waals surface area (Å²) in [4.78, 5) is 37.9. The predicted molar refractivity (Wildman–Crippen MR) is 132 cm³/mol. The van der Waals surface area contributed by atoms with E-state index >= 15 is 0 Å². The Labute approximate surface area is 206 Å². The van der Waals surface area contributed by atoms with Crippen LogP contribution in [0.4, 0.5) is 5.00 Å². The minimum absolute atomic E-state index is 0.190. The molecule has 2 N–H and O–H groups in total. The van der Waals surface area contributed by atoms with Crippen LogP contribution in [0, 0.1) is 11.8 Å². The van der Waals surface area contributed by atoms with Crippen LogP contribution in [0.15, 0.2) is 60.0 Å². The van der Waals surface area contributed by atoms with Gasteiger partial charge >= 0.3 is 11.9 Å². The first-order valence-corrected chi connectivity index (χ1v) is 12.5. The zero-order chi connectivity index (χ0) is 24.5. The number of carboxylic acids is 1. The fraction of sp³-hybridized carbons (Fsp3) is 0.296. The van der Waals surface area contributed by atoms with E-state index in [1.54, 1.807) is 6.92 Å². The molecule has 2 aromatic carbocycles. The van der Waals surface area contributed by atoms with Crippen molar-refractivity contribution in [1.82, 2.24) is 0 Å². The minimum Gasteiger partial charge on any atom is -0.481 e. The molecule has 2 bridgehead atoms. The van der Waals surface area contributed by atoms with E-state index in [0.717, 1.165) is 16.7 Å². The molecule has 3 heterocycles. The highest BCUT2D eigenvalue weighted by Crippen LogP contribution is 2.45. The van der Waals surface area contributed by atoms with Gasteiger partial charge in [0.1, 0.15) is 10.6 Å². The first-order valence-electron chi connectivity index (χ1n) is 11.6. The van der Waals surface area contributed by atoms with E-state index in [4.69, 9.17) is 9.47 Å². The van der Waals surface area contributed by atoms with Crippen LogP contribution in [-0.4, -0.2) is 41.8 Å². The van der Waals surface area contributed by atoms with Gasteiger partial charge in [0, 0.05) is 10.9 Å². The van der Waals surface area contributed by atoms with Gasteiger partial charge in [-0.3, -0.25) is 9.59 Å². The average molecular weight is 492 g/mol. The lowest BCUT2D eigenvalue weighted by Gasteiger charge is -2.23. The average Bonchev–Trinajstić information content (AvgIpc) is 3.59. The Kier molecular flexibility index (Phi) is 6.40. The molecule has 2 fully saturated rings. The molecule has 35 heavy (non-hydrogen) atoms. The highest BCUT2D eigenvalue weighted by atomic mass is 32.1. The van der Waals surface area contributed by atoms with Gasteiger partial charge in [0.05, 0.1) is 30.7 Å². The summed E-state index contributed by atoms with van der Waals surface area (Å²) in [5, 5.41) is 14.6. The highest BCUT2D eigenvalue weighted by molar-refractivity contribution is 7.15. The van der Waals surface area contributed by atoms with Crippen LogP contribution in [0.1, 0.15) is 30.1 Å². The maximum atomic E-state index is 13.2. The summed E-state index contributed by atoms with van der Waals surface area (Å²) < 4.78 is 11.0. The number of carboxylic acid groups (broad SMARTS) is 1. The first-order chi connectivity index (χ1) is 17.0. The largest absolute Gasteiger partial charge is 0.481 e. The van der Waals surface area contributed by atoms with Crippen molar-refractivity contribution in [3.05, 3.63) is 65.5 Å². The molecule has 1 amide bonds. The van der Waals surface area contributed by atoms with E-state index in [0.29, 0.717) is 23.4 Å². The number of fused-ring (bicyclic) bond motifs is 2. The van der Waals surface area contributed by atoms with Crippen LogP contribution in [0.25, 0.3) is 22.3 Å². The van der Waals surface area contributed by atoms with Crippen LogP contribution in [0.2, 0.25) is 0 Å². The number of carbonyl (C=O) groups is 3. The van der Waals surface area contributed by atoms with Crippen molar-refractivity contribution in [3.63, 3.8) is 0 Å². The molecule has 180 valence electrons. The Hall–Kier alpha value is -3.49. The van der Waals surface area contributed by atoms with Gasteiger partial charge in [0.25, 0.3) is 0 Å². The quantitative estimate of drug-likeness (QED) is 0.447. The summed E-state index contributed by atoms with van der Waals surface area (Å²) in [5.74, 6) is -3.69. The zero-order valence-electron chi connectivity index (χ0n) is 19.1. The molecule has 5 rings (SSSR count). The molecule has 3 aromatic rings. The number of ether oxygens (including phenoxy) is 2. The molecular formula is C27H25NO6S. The van der Waals surface area contributed by atoms with Gasteiger partial charge in [-0.15, -0.1) is 11.3 Å². The summed E-state index contributed by atoms with van der Waals surface area (Å²) in [6.07, 6.45) is 0.430. The summed E-state index contributed by atoms with van der Waals surface area (Å²) >= 11 is 1.22. The fourth-order valence-corrected chi connectivity index (χ4v) is 6.02. The number of esters is 1. The van der Waals surface area contributed by atoms with Crippen molar-refractivity contribution >= 4 is 34.2 Å². The van der Waals surface area contributed by atoms with E-state index in [2.05, 4.69) is 5.32 Å². The van der Waals surface area contributed by atoms with E-state index < -0.39 is 41.9 Å². The second kappa shape index (κ2) is 9.64. The van der Waals surface area contributed by atoms with Crippen molar-refractivity contribution in [1.29, 1.82) is 0 Å². The topological polar surface area (TPSA) is 102 Å². The summed E-state index contributed by atoms with van der Waals surface area (Å²) in [6.45, 7) is 1.91. The number of carbonyl (C=O) groups excluding carboxylic acids is 2. The van der Waals surface area contributed by atoms with Gasteiger partial charge in [-0.25, -0.2) is 4.79 Å². The van der Waals surface area contributed by atoms with E-state index in [-0.39, 0.29) is 12.2 Å². The van der Waals surface area contributed by atoms with Gasteiger partial charge in [-0.2, -0.15) is 0 Å². The second-order valence-corrected chi connectivity index (χ2v) is 9.57. The molecule has 0 unspecified atom stereocenters. The molecule has 0 saturated carbocycles.